The van der Waals surface area contributed by atoms with E-state index in [1.807, 2.05) is 6.07 Å². The van der Waals surface area contributed by atoms with E-state index in [1.165, 1.54) is 30.7 Å². The van der Waals surface area contributed by atoms with Gasteiger partial charge in [0, 0.05) is 22.5 Å². The van der Waals surface area contributed by atoms with E-state index in [1.54, 1.807) is 6.07 Å². The van der Waals surface area contributed by atoms with E-state index < -0.39 is 23.0 Å². The molecular formula is C22H15ClF2N4O3S. The van der Waals surface area contributed by atoms with Gasteiger partial charge in [-0.2, -0.15) is 9.65 Å². The van der Waals surface area contributed by atoms with Crippen molar-refractivity contribution in [1.29, 1.82) is 5.26 Å². The molecule has 0 aliphatic carbocycles. The monoisotopic (exact) mass is 488 g/mol. The van der Waals surface area contributed by atoms with Crippen molar-refractivity contribution >= 4 is 33.2 Å². The molecule has 0 bridgehead atoms. The van der Waals surface area contributed by atoms with Crippen LogP contribution in [0.2, 0.25) is 5.02 Å². The van der Waals surface area contributed by atoms with Gasteiger partial charge in [0.25, 0.3) is 5.56 Å². The van der Waals surface area contributed by atoms with Gasteiger partial charge in [-0.15, -0.1) is 11.3 Å². The Balaban J connectivity index is 2.04. The number of nitrogens with zero attached hydrogens (tertiary/aromatic N) is 4. The first-order valence-electron chi connectivity index (χ1n) is 9.59. The number of aromatic nitrogens is 3. The van der Waals surface area contributed by atoms with Crippen LogP contribution in [0.4, 0.5) is 8.78 Å². The maximum Gasteiger partial charge on any atom is 0.336 e. The number of hydrogen-bond acceptors (Lipinski definition) is 6. The van der Waals surface area contributed by atoms with Crippen molar-refractivity contribution in [3.63, 3.8) is 0 Å². The lowest BCUT2D eigenvalue weighted by atomic mass is 10.1. The average Bonchev–Trinajstić information content (AvgIpc) is 3.21. The van der Waals surface area contributed by atoms with E-state index in [0.29, 0.717) is 16.0 Å². The molecule has 4 rings (SSSR count). The van der Waals surface area contributed by atoms with Crippen molar-refractivity contribution in [2.45, 2.75) is 19.9 Å². The van der Waals surface area contributed by atoms with Crippen molar-refractivity contribution in [3.8, 4) is 27.9 Å². The van der Waals surface area contributed by atoms with Crippen LogP contribution in [-0.4, -0.2) is 21.2 Å². The Hall–Kier alpha value is -3.55. The van der Waals surface area contributed by atoms with Crippen molar-refractivity contribution in [3.05, 3.63) is 73.7 Å². The molecule has 11 heteroatoms. The number of halogens is 3. The third-order valence-electron chi connectivity index (χ3n) is 5.04. The highest BCUT2D eigenvalue weighted by atomic mass is 35.5. The highest BCUT2D eigenvalue weighted by Gasteiger charge is 2.20. The number of aryl methyl sites for hydroxylation is 2. The third-order valence-corrected chi connectivity index (χ3v) is 6.49. The first-order chi connectivity index (χ1) is 15.8. The second-order valence-electron chi connectivity index (χ2n) is 7.08. The van der Waals surface area contributed by atoms with Crippen LogP contribution in [0.1, 0.15) is 12.0 Å². The molecule has 3 aromatic heterocycles. The van der Waals surface area contributed by atoms with Crippen LogP contribution < -0.4 is 16.0 Å². The summed E-state index contributed by atoms with van der Waals surface area (Å²) in [5.41, 5.74) is -0.323. The molecule has 3 heterocycles. The molecule has 1 aromatic carbocycles. The topological polar surface area (TPSA) is 89.9 Å². The molecule has 0 radical (unpaired) electrons. The zero-order valence-electron chi connectivity index (χ0n) is 17.4. The number of benzene rings is 1. The van der Waals surface area contributed by atoms with Gasteiger partial charge in [-0.3, -0.25) is 9.36 Å². The SMILES string of the molecule is COc1cc(-c2cc3c(s2)c(=O)n(-c2cnc(F)c(C)c2)c(=O)n3CCC#N)c(Cl)cc1F. The molecule has 0 atom stereocenters. The number of thiophene rings is 1. The lowest BCUT2D eigenvalue weighted by Crippen LogP contribution is -2.38. The summed E-state index contributed by atoms with van der Waals surface area (Å²) in [6.45, 7) is 1.49. The molecule has 0 aliphatic heterocycles. The standard InChI is InChI=1S/C22H15ClF2N4O3S/c1-11-6-12(10-27-20(11)25)29-21(30)19-16(28(22(29)31)5-3-4-26)9-18(33-19)13-7-17(32-2)15(24)8-14(13)23/h6-10H,3,5H2,1-2H3. The van der Waals surface area contributed by atoms with Crippen LogP contribution in [0.5, 0.6) is 5.75 Å². The van der Waals surface area contributed by atoms with E-state index in [2.05, 4.69) is 4.98 Å². The predicted molar refractivity (Wildman–Crippen MR) is 121 cm³/mol. The summed E-state index contributed by atoms with van der Waals surface area (Å²) < 4.78 is 35.1. The third kappa shape index (κ3) is 3.90. The Bertz CT molecular complexity index is 1570. The maximum absolute atomic E-state index is 14.0. The Morgan fingerprint density at radius 2 is 2.00 bits per heavy atom. The highest BCUT2D eigenvalue weighted by molar-refractivity contribution is 7.22. The van der Waals surface area contributed by atoms with Gasteiger partial charge in [0.2, 0.25) is 5.95 Å². The lowest BCUT2D eigenvalue weighted by molar-refractivity contribution is 0.387. The largest absolute Gasteiger partial charge is 0.494 e. The number of pyridine rings is 1. The number of rotatable bonds is 5. The van der Waals surface area contributed by atoms with Gasteiger partial charge in [0.15, 0.2) is 11.6 Å². The smallest absolute Gasteiger partial charge is 0.336 e. The minimum Gasteiger partial charge on any atom is -0.494 e. The van der Waals surface area contributed by atoms with Gasteiger partial charge >= 0.3 is 5.69 Å². The maximum atomic E-state index is 14.0. The molecule has 0 saturated heterocycles. The predicted octanol–water partition coefficient (Wildman–Crippen LogP) is 4.44. The normalized spacial score (nSPS) is 11.0. The van der Waals surface area contributed by atoms with Crippen molar-refractivity contribution in [2.75, 3.05) is 7.11 Å². The van der Waals surface area contributed by atoms with E-state index >= 15 is 0 Å². The van der Waals surface area contributed by atoms with Crippen LogP contribution in [0, 0.1) is 30.0 Å². The van der Waals surface area contributed by atoms with E-state index in [-0.39, 0.29) is 39.7 Å². The van der Waals surface area contributed by atoms with Gasteiger partial charge < -0.3 is 4.74 Å². The highest BCUT2D eigenvalue weighted by Crippen LogP contribution is 2.38. The molecule has 0 aliphatic rings. The van der Waals surface area contributed by atoms with Crippen LogP contribution in [0.3, 0.4) is 0 Å². The van der Waals surface area contributed by atoms with Crippen molar-refractivity contribution in [1.82, 2.24) is 14.1 Å². The second-order valence-corrected chi connectivity index (χ2v) is 8.54. The molecule has 0 fully saturated rings. The molecule has 33 heavy (non-hydrogen) atoms. The van der Waals surface area contributed by atoms with Gasteiger partial charge in [0.1, 0.15) is 4.70 Å². The van der Waals surface area contributed by atoms with Crippen LogP contribution in [0.25, 0.3) is 26.3 Å². The summed E-state index contributed by atoms with van der Waals surface area (Å²) >= 11 is 7.30. The number of hydrogen-bond donors (Lipinski definition) is 0. The zero-order chi connectivity index (χ0) is 23.9. The van der Waals surface area contributed by atoms with E-state index in [4.69, 9.17) is 21.6 Å². The fourth-order valence-corrected chi connectivity index (χ4v) is 4.86. The summed E-state index contributed by atoms with van der Waals surface area (Å²) in [4.78, 5) is 30.7. The fourth-order valence-electron chi connectivity index (χ4n) is 3.43. The second kappa shape index (κ2) is 8.77. The number of methoxy groups -OCH3 is 1. The summed E-state index contributed by atoms with van der Waals surface area (Å²) in [7, 11) is 1.32. The van der Waals surface area contributed by atoms with Gasteiger partial charge in [-0.1, -0.05) is 11.6 Å². The van der Waals surface area contributed by atoms with Crippen molar-refractivity contribution in [2.24, 2.45) is 0 Å². The van der Waals surface area contributed by atoms with Gasteiger partial charge in [0.05, 0.1) is 42.0 Å². The molecule has 0 N–H and O–H groups in total. The Labute approximate surface area is 194 Å². The summed E-state index contributed by atoms with van der Waals surface area (Å²) in [5, 5.41) is 9.15. The van der Waals surface area contributed by atoms with E-state index in [9.17, 15) is 18.4 Å². The zero-order valence-corrected chi connectivity index (χ0v) is 18.9. The Kier molecular flexibility index (Phi) is 6.01. The lowest BCUT2D eigenvalue weighted by Gasteiger charge is -2.11. The first kappa shape index (κ1) is 22.6. The molecule has 0 saturated carbocycles. The Morgan fingerprint density at radius 1 is 1.24 bits per heavy atom. The summed E-state index contributed by atoms with van der Waals surface area (Å²) in [6, 6.07) is 7.44. The number of ether oxygens (including phenoxy) is 1. The molecule has 168 valence electrons. The summed E-state index contributed by atoms with van der Waals surface area (Å²) in [6.07, 6.45) is 1.12. The quantitative estimate of drug-likeness (QED) is 0.387. The minimum atomic E-state index is -0.712. The number of nitriles is 1. The van der Waals surface area contributed by atoms with Crippen molar-refractivity contribution < 1.29 is 13.5 Å². The molecule has 4 aromatic rings. The Morgan fingerprint density at radius 3 is 2.67 bits per heavy atom. The molecular weight excluding hydrogens is 474 g/mol. The van der Waals surface area contributed by atoms with Crippen LogP contribution in [0.15, 0.2) is 40.1 Å². The van der Waals surface area contributed by atoms with Crippen LogP contribution in [-0.2, 0) is 6.54 Å². The molecule has 0 amide bonds. The minimum absolute atomic E-state index is 0.0181. The first-order valence-corrected chi connectivity index (χ1v) is 10.8. The average molecular weight is 489 g/mol. The molecule has 0 unspecified atom stereocenters. The van der Waals surface area contributed by atoms with E-state index in [0.717, 1.165) is 28.2 Å². The molecule has 7 nitrogen and oxygen atoms in total. The molecule has 0 spiro atoms. The number of fused-ring (bicyclic) bond motifs is 1. The van der Waals surface area contributed by atoms with Gasteiger partial charge in [-0.25, -0.2) is 18.7 Å². The van der Waals surface area contributed by atoms with Gasteiger partial charge in [-0.05, 0) is 31.2 Å². The fraction of sp³-hybridized carbons (Fsp3) is 0.182. The van der Waals surface area contributed by atoms with Crippen LogP contribution >= 0.6 is 22.9 Å². The summed E-state index contributed by atoms with van der Waals surface area (Å²) in [5.74, 6) is -1.38.